The van der Waals surface area contributed by atoms with Crippen LogP contribution in [0, 0.1) is 0 Å². The van der Waals surface area contributed by atoms with Gasteiger partial charge >= 0.3 is 0 Å². The van der Waals surface area contributed by atoms with Gasteiger partial charge in [0.1, 0.15) is 11.9 Å². The molecule has 2 rings (SSSR count). The fourth-order valence-electron chi connectivity index (χ4n) is 2.23. The summed E-state index contributed by atoms with van der Waals surface area (Å²) in [7, 11) is 1.57. The number of nitrogens with one attached hydrogen (secondary N) is 2. The highest BCUT2D eigenvalue weighted by Gasteiger charge is 2.39. The normalized spacial score (nSPS) is 25.5. The number of anilines is 2. The third kappa shape index (κ3) is 2.94. The van der Waals surface area contributed by atoms with Crippen molar-refractivity contribution in [1.82, 2.24) is 9.97 Å². The molecule has 20 heavy (non-hydrogen) atoms. The minimum Gasteiger partial charge on any atom is -0.490 e. The number of hydrogen-bond acceptors (Lipinski definition) is 7. The van der Waals surface area contributed by atoms with E-state index in [2.05, 4.69) is 20.6 Å². The first-order valence-corrected chi connectivity index (χ1v) is 6.81. The maximum Gasteiger partial charge on any atom is 0.204 e. The summed E-state index contributed by atoms with van der Waals surface area (Å²) < 4.78 is 10.8. The molecule has 0 spiro atoms. The van der Waals surface area contributed by atoms with Gasteiger partial charge in [-0.2, -0.15) is 0 Å². The van der Waals surface area contributed by atoms with Crippen molar-refractivity contribution in [2.24, 2.45) is 0 Å². The van der Waals surface area contributed by atoms with Crippen molar-refractivity contribution >= 4 is 11.6 Å². The monoisotopic (exact) mass is 282 g/mol. The molecule has 1 aliphatic heterocycles. The lowest BCUT2D eigenvalue weighted by Gasteiger charge is -2.26. The van der Waals surface area contributed by atoms with E-state index in [1.54, 1.807) is 7.11 Å². The summed E-state index contributed by atoms with van der Waals surface area (Å²) in [4.78, 5) is 8.31. The first kappa shape index (κ1) is 14.8. The molecule has 1 aliphatic rings. The number of nitrogens with zero attached hydrogens (tertiary/aromatic N) is 2. The number of methoxy groups -OCH3 is 1. The second-order valence-electron chi connectivity index (χ2n) is 4.85. The van der Waals surface area contributed by atoms with Crippen molar-refractivity contribution in [1.29, 1.82) is 0 Å². The molecule has 0 amide bonds. The average molecular weight is 282 g/mol. The Hall–Kier alpha value is -1.60. The van der Waals surface area contributed by atoms with Gasteiger partial charge in [0, 0.05) is 26.1 Å². The lowest BCUT2D eigenvalue weighted by atomic mass is 9.97. The van der Waals surface area contributed by atoms with Crippen LogP contribution in [0.5, 0.6) is 5.75 Å². The van der Waals surface area contributed by atoms with Crippen LogP contribution in [0.25, 0.3) is 0 Å². The molecule has 0 radical (unpaired) electrons. The van der Waals surface area contributed by atoms with Crippen molar-refractivity contribution < 1.29 is 14.6 Å². The summed E-state index contributed by atoms with van der Waals surface area (Å²) >= 11 is 0. The molecule has 0 bridgehead atoms. The van der Waals surface area contributed by atoms with Gasteiger partial charge in [0.05, 0.1) is 13.2 Å². The molecule has 1 fully saturated rings. The Kier molecular flexibility index (Phi) is 4.61. The molecule has 2 heterocycles. The van der Waals surface area contributed by atoms with E-state index >= 15 is 0 Å². The van der Waals surface area contributed by atoms with E-state index in [4.69, 9.17) is 9.47 Å². The fraction of sp³-hybridized carbons (Fsp3) is 0.692. The quantitative estimate of drug-likeness (QED) is 0.713. The van der Waals surface area contributed by atoms with Crippen molar-refractivity contribution in [2.75, 3.05) is 37.4 Å². The molecule has 1 saturated heterocycles. The minimum absolute atomic E-state index is 0.198. The van der Waals surface area contributed by atoms with Gasteiger partial charge in [-0.15, -0.1) is 0 Å². The van der Waals surface area contributed by atoms with Crippen LogP contribution in [0.2, 0.25) is 0 Å². The zero-order valence-corrected chi connectivity index (χ0v) is 12.1. The SMILES string of the molecule is CCNc1ncnc(NCC2(O)CCOC2C)c1OC. The summed E-state index contributed by atoms with van der Waals surface area (Å²) in [6, 6.07) is 0. The molecular weight excluding hydrogens is 260 g/mol. The Balaban J connectivity index is 2.11. The van der Waals surface area contributed by atoms with Gasteiger partial charge in [-0.3, -0.25) is 0 Å². The topological polar surface area (TPSA) is 88.5 Å². The van der Waals surface area contributed by atoms with Crippen molar-refractivity contribution in [3.05, 3.63) is 6.33 Å². The molecule has 1 aromatic rings. The van der Waals surface area contributed by atoms with E-state index in [0.29, 0.717) is 37.0 Å². The Bertz CT molecular complexity index is 457. The maximum atomic E-state index is 10.5. The third-order valence-electron chi connectivity index (χ3n) is 3.57. The number of aromatic nitrogens is 2. The van der Waals surface area contributed by atoms with E-state index in [-0.39, 0.29) is 6.10 Å². The van der Waals surface area contributed by atoms with Gasteiger partial charge < -0.3 is 25.2 Å². The van der Waals surface area contributed by atoms with Gasteiger partial charge in [-0.1, -0.05) is 0 Å². The molecule has 1 aromatic heterocycles. The average Bonchev–Trinajstić information content (AvgIpc) is 2.77. The van der Waals surface area contributed by atoms with Crippen LogP contribution in [-0.2, 0) is 4.74 Å². The molecule has 2 unspecified atom stereocenters. The van der Waals surface area contributed by atoms with Gasteiger partial charge in [-0.25, -0.2) is 9.97 Å². The van der Waals surface area contributed by atoms with Gasteiger partial charge in [0.25, 0.3) is 0 Å². The smallest absolute Gasteiger partial charge is 0.204 e. The van der Waals surface area contributed by atoms with Gasteiger partial charge in [0.2, 0.25) is 5.75 Å². The summed E-state index contributed by atoms with van der Waals surface area (Å²) in [5.41, 5.74) is -0.881. The Morgan fingerprint density at radius 3 is 2.70 bits per heavy atom. The zero-order chi connectivity index (χ0) is 14.6. The van der Waals surface area contributed by atoms with E-state index in [1.165, 1.54) is 6.33 Å². The lowest BCUT2D eigenvalue weighted by Crippen LogP contribution is -2.43. The highest BCUT2D eigenvalue weighted by atomic mass is 16.5. The van der Waals surface area contributed by atoms with Crippen LogP contribution in [0.15, 0.2) is 6.33 Å². The van der Waals surface area contributed by atoms with E-state index in [0.717, 1.165) is 6.54 Å². The second kappa shape index (κ2) is 6.23. The van der Waals surface area contributed by atoms with Gasteiger partial charge in [0.15, 0.2) is 11.6 Å². The first-order chi connectivity index (χ1) is 9.60. The largest absolute Gasteiger partial charge is 0.490 e. The summed E-state index contributed by atoms with van der Waals surface area (Å²) in [6.07, 6.45) is 1.87. The van der Waals surface area contributed by atoms with Gasteiger partial charge in [-0.05, 0) is 13.8 Å². The minimum atomic E-state index is -0.881. The predicted molar refractivity (Wildman–Crippen MR) is 76.2 cm³/mol. The van der Waals surface area contributed by atoms with Crippen molar-refractivity contribution in [3.63, 3.8) is 0 Å². The van der Waals surface area contributed by atoms with Crippen molar-refractivity contribution in [3.8, 4) is 5.75 Å². The van der Waals surface area contributed by atoms with Crippen LogP contribution in [0.1, 0.15) is 20.3 Å². The molecule has 7 nitrogen and oxygen atoms in total. The first-order valence-electron chi connectivity index (χ1n) is 6.81. The van der Waals surface area contributed by atoms with Crippen LogP contribution in [0.4, 0.5) is 11.6 Å². The predicted octanol–water partition coefficient (Wildman–Crippen LogP) is 0.869. The molecule has 3 N–H and O–H groups in total. The molecular formula is C13H22N4O3. The van der Waals surface area contributed by atoms with Crippen LogP contribution in [0.3, 0.4) is 0 Å². The molecule has 7 heteroatoms. The molecule has 0 aromatic carbocycles. The van der Waals surface area contributed by atoms with E-state index in [9.17, 15) is 5.11 Å². The lowest BCUT2D eigenvalue weighted by molar-refractivity contribution is -0.0176. The standard InChI is InChI=1S/C13H22N4O3/c1-4-14-11-10(19-3)12(17-8-16-11)15-7-13(18)5-6-20-9(13)2/h8-9,18H,4-7H2,1-3H3,(H2,14,15,16,17). The van der Waals surface area contributed by atoms with E-state index < -0.39 is 5.60 Å². The summed E-state index contributed by atoms with van der Waals surface area (Å²) in [5.74, 6) is 1.74. The van der Waals surface area contributed by atoms with Crippen LogP contribution < -0.4 is 15.4 Å². The maximum absolute atomic E-state index is 10.5. The van der Waals surface area contributed by atoms with E-state index in [1.807, 2.05) is 13.8 Å². The van der Waals surface area contributed by atoms with Crippen LogP contribution in [-0.4, -0.2) is 53.6 Å². The molecule has 0 aliphatic carbocycles. The molecule has 0 saturated carbocycles. The summed E-state index contributed by atoms with van der Waals surface area (Å²) in [6.45, 7) is 5.52. The number of hydrogen-bond donors (Lipinski definition) is 3. The third-order valence-corrected chi connectivity index (χ3v) is 3.57. The molecule has 112 valence electrons. The second-order valence-corrected chi connectivity index (χ2v) is 4.85. The fourth-order valence-corrected chi connectivity index (χ4v) is 2.23. The number of rotatable bonds is 6. The number of aliphatic hydroxyl groups is 1. The molecule has 2 atom stereocenters. The summed E-state index contributed by atoms with van der Waals surface area (Å²) in [5, 5.41) is 16.7. The highest BCUT2D eigenvalue weighted by Crippen LogP contribution is 2.31. The Morgan fingerprint density at radius 2 is 2.15 bits per heavy atom. The number of ether oxygens (including phenoxy) is 2. The van der Waals surface area contributed by atoms with Crippen LogP contribution >= 0.6 is 0 Å². The Labute approximate surface area is 118 Å². The Morgan fingerprint density at radius 1 is 1.45 bits per heavy atom. The van der Waals surface area contributed by atoms with Crippen molar-refractivity contribution in [2.45, 2.75) is 32.0 Å². The zero-order valence-electron chi connectivity index (χ0n) is 12.1. The highest BCUT2D eigenvalue weighted by molar-refractivity contribution is 5.63.